The zero-order valence-corrected chi connectivity index (χ0v) is 16.1. The summed E-state index contributed by atoms with van der Waals surface area (Å²) < 4.78 is 5.60. The van der Waals surface area contributed by atoms with Crippen LogP contribution in [-0.2, 0) is 9.53 Å². The first kappa shape index (κ1) is 18.5. The van der Waals surface area contributed by atoms with Crippen molar-refractivity contribution in [2.24, 2.45) is 0 Å². The minimum atomic E-state index is -0.940. The normalized spacial score (nSPS) is 18.5. The number of carbonyl (C=O) groups excluding carboxylic acids is 1. The molecule has 1 fully saturated rings. The van der Waals surface area contributed by atoms with Crippen molar-refractivity contribution >= 4 is 28.2 Å². The lowest BCUT2D eigenvalue weighted by Crippen LogP contribution is -2.54. The van der Waals surface area contributed by atoms with Gasteiger partial charge in [-0.05, 0) is 50.2 Å². The number of H-pyrrole nitrogens is 1. The predicted octanol–water partition coefficient (Wildman–Crippen LogP) is 2.99. The maximum atomic E-state index is 12.9. The Bertz CT molecular complexity index is 980. The molecule has 2 heterocycles. The molecule has 146 valence electrons. The molecule has 1 aliphatic rings. The van der Waals surface area contributed by atoms with E-state index in [1.165, 1.54) is 0 Å². The van der Waals surface area contributed by atoms with Gasteiger partial charge in [-0.25, -0.2) is 0 Å². The van der Waals surface area contributed by atoms with E-state index in [-0.39, 0.29) is 12.5 Å². The first-order chi connectivity index (χ1) is 13.5. The number of aryl methyl sites for hydroxylation is 2. The third-order valence-electron chi connectivity index (χ3n) is 5.09. The summed E-state index contributed by atoms with van der Waals surface area (Å²) in [6.45, 7) is 5.14. The Balaban J connectivity index is 1.42. The number of carbonyl (C=O) groups is 1. The first-order valence-electron chi connectivity index (χ1n) is 9.52. The Morgan fingerprint density at radius 2 is 2.00 bits per heavy atom. The van der Waals surface area contributed by atoms with Gasteiger partial charge in [-0.3, -0.25) is 4.79 Å². The molecule has 6 nitrogen and oxygen atoms in total. The van der Waals surface area contributed by atoms with E-state index in [1.54, 1.807) is 4.90 Å². The Morgan fingerprint density at radius 1 is 1.21 bits per heavy atom. The summed E-state index contributed by atoms with van der Waals surface area (Å²) in [6, 6.07) is 15.8. The summed E-state index contributed by atoms with van der Waals surface area (Å²) in [5, 5.41) is 14.9. The average molecular weight is 379 g/mol. The van der Waals surface area contributed by atoms with Gasteiger partial charge in [-0.15, -0.1) is 0 Å². The monoisotopic (exact) mass is 379 g/mol. The van der Waals surface area contributed by atoms with E-state index in [9.17, 15) is 9.90 Å². The third kappa shape index (κ3) is 3.74. The number of morpholine rings is 1. The number of aromatic nitrogens is 1. The smallest absolute Gasteiger partial charge is 0.258 e. The third-order valence-corrected chi connectivity index (χ3v) is 5.09. The fraction of sp³-hybridized carbons (Fsp3) is 0.318. The van der Waals surface area contributed by atoms with Gasteiger partial charge in [0.05, 0.1) is 6.61 Å². The fourth-order valence-corrected chi connectivity index (χ4v) is 3.58. The van der Waals surface area contributed by atoms with E-state index in [4.69, 9.17) is 4.74 Å². The molecule has 1 amide bonds. The van der Waals surface area contributed by atoms with Crippen molar-refractivity contribution in [3.8, 4) is 0 Å². The summed E-state index contributed by atoms with van der Waals surface area (Å²) in [5.41, 5.74) is 5.04. The van der Waals surface area contributed by atoms with Gasteiger partial charge in [0, 0.05) is 41.1 Å². The molecule has 0 spiro atoms. The molecule has 0 radical (unpaired) electrons. The summed E-state index contributed by atoms with van der Waals surface area (Å²) in [4.78, 5) is 17.8. The van der Waals surface area contributed by atoms with E-state index < -0.39 is 12.2 Å². The number of fused-ring (bicyclic) bond motifs is 1. The van der Waals surface area contributed by atoms with E-state index in [0.717, 1.165) is 33.5 Å². The zero-order chi connectivity index (χ0) is 19.7. The van der Waals surface area contributed by atoms with E-state index in [0.29, 0.717) is 13.2 Å². The molecule has 6 heteroatoms. The van der Waals surface area contributed by atoms with Gasteiger partial charge < -0.3 is 25.0 Å². The summed E-state index contributed by atoms with van der Waals surface area (Å²) in [6.07, 6.45) is -1.81. The van der Waals surface area contributed by atoms with E-state index in [1.807, 2.05) is 56.3 Å². The molecular formula is C22H25N3O3. The van der Waals surface area contributed by atoms with E-state index >= 15 is 0 Å². The molecule has 1 saturated heterocycles. The zero-order valence-electron chi connectivity index (χ0n) is 16.1. The van der Waals surface area contributed by atoms with Crippen molar-refractivity contribution in [1.29, 1.82) is 0 Å². The number of hydrogen-bond donors (Lipinski definition) is 3. The predicted molar refractivity (Wildman–Crippen MR) is 111 cm³/mol. The number of aliphatic hydroxyl groups excluding tert-OH is 1. The molecule has 2 aromatic carbocycles. The molecule has 2 atom stereocenters. The summed E-state index contributed by atoms with van der Waals surface area (Å²) >= 11 is 0. The number of anilines is 2. The number of amides is 1. The number of rotatable bonds is 5. The Kier molecular flexibility index (Phi) is 5.07. The van der Waals surface area contributed by atoms with Crippen molar-refractivity contribution in [3.63, 3.8) is 0 Å². The van der Waals surface area contributed by atoms with Crippen LogP contribution >= 0.6 is 0 Å². The molecule has 3 aromatic rings. The number of nitrogens with one attached hydrogen (secondary N) is 2. The molecule has 1 aromatic heterocycles. The molecule has 0 aliphatic carbocycles. The fourth-order valence-electron chi connectivity index (χ4n) is 3.58. The van der Waals surface area contributed by atoms with Crippen LogP contribution < -0.4 is 10.2 Å². The van der Waals surface area contributed by atoms with Gasteiger partial charge in [0.15, 0.2) is 6.10 Å². The minimum Gasteiger partial charge on any atom is -0.388 e. The number of hydrogen-bond acceptors (Lipinski definition) is 4. The van der Waals surface area contributed by atoms with Crippen molar-refractivity contribution in [1.82, 2.24) is 4.98 Å². The number of nitrogens with zero attached hydrogens (tertiary/aromatic N) is 1. The van der Waals surface area contributed by atoms with Crippen LogP contribution in [0, 0.1) is 13.8 Å². The van der Waals surface area contributed by atoms with Gasteiger partial charge in [-0.2, -0.15) is 0 Å². The van der Waals surface area contributed by atoms with Crippen LogP contribution in [0.25, 0.3) is 10.9 Å². The molecule has 28 heavy (non-hydrogen) atoms. The first-order valence-corrected chi connectivity index (χ1v) is 9.52. The number of aliphatic hydroxyl groups is 1. The molecule has 2 unspecified atom stereocenters. The van der Waals surface area contributed by atoms with Crippen LogP contribution in [0.2, 0.25) is 0 Å². The van der Waals surface area contributed by atoms with Gasteiger partial charge in [0.2, 0.25) is 0 Å². The number of benzene rings is 2. The molecular weight excluding hydrogens is 354 g/mol. The van der Waals surface area contributed by atoms with Crippen LogP contribution in [0.15, 0.2) is 48.5 Å². The van der Waals surface area contributed by atoms with Crippen LogP contribution in [0.3, 0.4) is 0 Å². The van der Waals surface area contributed by atoms with Crippen LogP contribution in [0.4, 0.5) is 11.4 Å². The maximum Gasteiger partial charge on any atom is 0.258 e. The lowest BCUT2D eigenvalue weighted by molar-refractivity contribution is -0.141. The number of ether oxygens (including phenoxy) is 1. The second kappa shape index (κ2) is 7.66. The molecule has 4 rings (SSSR count). The van der Waals surface area contributed by atoms with Gasteiger partial charge >= 0.3 is 0 Å². The molecule has 0 saturated carbocycles. The Labute approximate surface area is 164 Å². The summed E-state index contributed by atoms with van der Waals surface area (Å²) in [7, 11) is 0. The Morgan fingerprint density at radius 3 is 2.79 bits per heavy atom. The van der Waals surface area contributed by atoms with Crippen molar-refractivity contribution in [3.05, 3.63) is 59.8 Å². The second-order valence-electron chi connectivity index (χ2n) is 7.32. The van der Waals surface area contributed by atoms with Gasteiger partial charge in [0.1, 0.15) is 6.10 Å². The highest BCUT2D eigenvalue weighted by atomic mass is 16.5. The molecule has 3 N–H and O–H groups in total. The van der Waals surface area contributed by atoms with Crippen molar-refractivity contribution in [2.75, 3.05) is 29.9 Å². The van der Waals surface area contributed by atoms with Crippen LogP contribution in [0.5, 0.6) is 0 Å². The topological polar surface area (TPSA) is 77.6 Å². The average Bonchev–Trinajstić information content (AvgIpc) is 3.06. The van der Waals surface area contributed by atoms with E-state index in [2.05, 4.69) is 16.4 Å². The lowest BCUT2D eigenvalue weighted by atomic mass is 10.1. The van der Waals surface area contributed by atoms with Crippen molar-refractivity contribution in [2.45, 2.75) is 26.1 Å². The highest BCUT2D eigenvalue weighted by Crippen LogP contribution is 2.22. The quantitative estimate of drug-likeness (QED) is 0.637. The SMILES string of the molecule is Cc1ccc(N2CCOC(C(O)CNc3ccc4[nH]c(C)cc4c3)C2=O)cc1. The van der Waals surface area contributed by atoms with Gasteiger partial charge in [0.25, 0.3) is 5.91 Å². The van der Waals surface area contributed by atoms with Gasteiger partial charge in [-0.1, -0.05) is 17.7 Å². The van der Waals surface area contributed by atoms with Crippen LogP contribution in [0.1, 0.15) is 11.3 Å². The second-order valence-corrected chi connectivity index (χ2v) is 7.32. The van der Waals surface area contributed by atoms with Crippen LogP contribution in [-0.4, -0.2) is 47.9 Å². The molecule has 1 aliphatic heterocycles. The largest absolute Gasteiger partial charge is 0.388 e. The maximum absolute atomic E-state index is 12.9. The minimum absolute atomic E-state index is 0.207. The lowest BCUT2D eigenvalue weighted by Gasteiger charge is -2.34. The van der Waals surface area contributed by atoms with Crippen molar-refractivity contribution < 1.29 is 14.6 Å². The highest BCUT2D eigenvalue weighted by molar-refractivity contribution is 5.97. The number of aromatic amines is 1. The Hall–Kier alpha value is -2.83. The standard InChI is InChI=1S/C22H25N3O3/c1-14-3-6-18(7-4-14)25-9-10-28-21(22(25)27)20(26)13-23-17-5-8-19-16(12-17)11-15(2)24-19/h3-8,11-12,20-21,23-24,26H,9-10,13H2,1-2H3. The summed E-state index contributed by atoms with van der Waals surface area (Å²) in [5.74, 6) is -0.207. The molecule has 0 bridgehead atoms. The highest BCUT2D eigenvalue weighted by Gasteiger charge is 2.35.